The number of hydrogen-bond acceptors (Lipinski definition) is 3. The molecule has 0 radical (unpaired) electrons. The van der Waals surface area contributed by atoms with Gasteiger partial charge in [0.2, 0.25) is 0 Å². The Kier molecular flexibility index (Phi) is 4.20. The Morgan fingerprint density at radius 3 is 2.39 bits per heavy atom. The van der Waals surface area contributed by atoms with Crippen molar-refractivity contribution in [1.82, 2.24) is 0 Å². The second kappa shape index (κ2) is 6.07. The minimum Gasteiger partial charge on any atom is -0.495 e. The summed E-state index contributed by atoms with van der Waals surface area (Å²) in [6.07, 6.45) is 0. The van der Waals surface area contributed by atoms with E-state index in [1.807, 2.05) is 48.5 Å². The molecular formula is C15H17NO2. The van der Waals surface area contributed by atoms with Crippen molar-refractivity contribution in [2.75, 3.05) is 12.8 Å². The van der Waals surface area contributed by atoms with Gasteiger partial charge in [-0.15, -0.1) is 0 Å². The van der Waals surface area contributed by atoms with Gasteiger partial charge in [-0.3, -0.25) is 0 Å². The fourth-order valence-electron chi connectivity index (χ4n) is 1.71. The standard InChI is InChI=1S/C15H17NO2/c1-17-15-9-13(7-8-14(15)16)11-18-10-12-5-3-2-4-6-12/h2-9H,10-11,16H2,1H3. The lowest BCUT2D eigenvalue weighted by Crippen LogP contribution is -1.97. The van der Waals surface area contributed by atoms with Crippen LogP contribution < -0.4 is 10.5 Å². The minimum atomic E-state index is 0.547. The summed E-state index contributed by atoms with van der Waals surface area (Å²) in [6.45, 7) is 1.15. The quantitative estimate of drug-likeness (QED) is 0.821. The zero-order valence-corrected chi connectivity index (χ0v) is 10.4. The average molecular weight is 243 g/mol. The second-order valence-corrected chi connectivity index (χ2v) is 4.05. The lowest BCUT2D eigenvalue weighted by Gasteiger charge is -2.08. The molecule has 2 aromatic carbocycles. The van der Waals surface area contributed by atoms with Gasteiger partial charge in [-0.05, 0) is 23.3 Å². The van der Waals surface area contributed by atoms with Gasteiger partial charge in [0.15, 0.2) is 0 Å². The summed E-state index contributed by atoms with van der Waals surface area (Å²) in [6, 6.07) is 15.8. The van der Waals surface area contributed by atoms with Crippen LogP contribution in [0.3, 0.4) is 0 Å². The smallest absolute Gasteiger partial charge is 0.142 e. The number of benzene rings is 2. The van der Waals surface area contributed by atoms with E-state index in [2.05, 4.69) is 0 Å². The number of anilines is 1. The highest BCUT2D eigenvalue weighted by atomic mass is 16.5. The summed E-state index contributed by atoms with van der Waals surface area (Å²) >= 11 is 0. The molecule has 0 aliphatic heterocycles. The first-order chi connectivity index (χ1) is 8.79. The Morgan fingerprint density at radius 1 is 0.944 bits per heavy atom. The molecule has 0 bridgehead atoms. The molecule has 0 amide bonds. The van der Waals surface area contributed by atoms with Gasteiger partial charge in [0.05, 0.1) is 26.0 Å². The highest BCUT2D eigenvalue weighted by Gasteiger charge is 2.01. The lowest BCUT2D eigenvalue weighted by molar-refractivity contribution is 0.107. The first kappa shape index (κ1) is 12.5. The van der Waals surface area contributed by atoms with Crippen molar-refractivity contribution in [3.8, 4) is 5.75 Å². The molecule has 94 valence electrons. The third-order valence-corrected chi connectivity index (χ3v) is 2.68. The molecule has 0 aliphatic rings. The van der Waals surface area contributed by atoms with Crippen molar-refractivity contribution in [1.29, 1.82) is 0 Å². The summed E-state index contributed by atoms with van der Waals surface area (Å²) in [5.74, 6) is 0.691. The van der Waals surface area contributed by atoms with Gasteiger partial charge in [-0.1, -0.05) is 36.4 Å². The summed E-state index contributed by atoms with van der Waals surface area (Å²) < 4.78 is 10.8. The van der Waals surface area contributed by atoms with E-state index in [0.717, 1.165) is 5.56 Å². The van der Waals surface area contributed by atoms with E-state index < -0.39 is 0 Å². The van der Waals surface area contributed by atoms with Crippen LogP contribution in [-0.2, 0) is 18.0 Å². The molecule has 2 aromatic rings. The largest absolute Gasteiger partial charge is 0.495 e. The van der Waals surface area contributed by atoms with E-state index in [9.17, 15) is 0 Å². The minimum absolute atomic E-state index is 0.547. The maximum atomic E-state index is 5.75. The maximum absolute atomic E-state index is 5.75. The Labute approximate surface area is 107 Å². The van der Waals surface area contributed by atoms with E-state index in [1.54, 1.807) is 7.11 Å². The molecule has 0 spiro atoms. The van der Waals surface area contributed by atoms with E-state index in [4.69, 9.17) is 15.2 Å². The number of methoxy groups -OCH3 is 1. The van der Waals surface area contributed by atoms with Crippen LogP contribution in [0.1, 0.15) is 11.1 Å². The first-order valence-corrected chi connectivity index (χ1v) is 5.83. The zero-order chi connectivity index (χ0) is 12.8. The van der Waals surface area contributed by atoms with E-state index in [0.29, 0.717) is 24.7 Å². The normalized spacial score (nSPS) is 10.3. The Morgan fingerprint density at radius 2 is 1.67 bits per heavy atom. The highest BCUT2D eigenvalue weighted by molar-refractivity contribution is 5.53. The molecule has 0 heterocycles. The number of hydrogen-bond donors (Lipinski definition) is 1. The topological polar surface area (TPSA) is 44.5 Å². The summed E-state index contributed by atoms with van der Waals surface area (Å²) in [5.41, 5.74) is 8.62. The van der Waals surface area contributed by atoms with Crippen LogP contribution in [0, 0.1) is 0 Å². The predicted molar refractivity (Wildman–Crippen MR) is 72.3 cm³/mol. The van der Waals surface area contributed by atoms with Gasteiger partial charge in [0.25, 0.3) is 0 Å². The molecule has 0 aliphatic carbocycles. The van der Waals surface area contributed by atoms with Crippen LogP contribution in [-0.4, -0.2) is 7.11 Å². The second-order valence-electron chi connectivity index (χ2n) is 4.05. The van der Waals surface area contributed by atoms with Crippen molar-refractivity contribution in [3.63, 3.8) is 0 Å². The predicted octanol–water partition coefficient (Wildman–Crippen LogP) is 2.99. The van der Waals surface area contributed by atoms with Crippen LogP contribution >= 0.6 is 0 Å². The third kappa shape index (κ3) is 3.25. The van der Waals surface area contributed by atoms with Gasteiger partial charge < -0.3 is 15.2 Å². The van der Waals surface area contributed by atoms with Crippen molar-refractivity contribution >= 4 is 5.69 Å². The SMILES string of the molecule is COc1cc(COCc2ccccc2)ccc1N. The van der Waals surface area contributed by atoms with Crippen molar-refractivity contribution in [2.24, 2.45) is 0 Å². The lowest BCUT2D eigenvalue weighted by atomic mass is 10.2. The van der Waals surface area contributed by atoms with Gasteiger partial charge in [0, 0.05) is 0 Å². The molecule has 3 nitrogen and oxygen atoms in total. The molecule has 2 N–H and O–H groups in total. The molecular weight excluding hydrogens is 226 g/mol. The number of rotatable bonds is 5. The van der Waals surface area contributed by atoms with Crippen LogP contribution in [0.4, 0.5) is 5.69 Å². The van der Waals surface area contributed by atoms with Crippen LogP contribution in [0.2, 0.25) is 0 Å². The van der Waals surface area contributed by atoms with Crippen molar-refractivity contribution in [3.05, 3.63) is 59.7 Å². The Hall–Kier alpha value is -2.00. The molecule has 3 heteroatoms. The molecule has 0 aromatic heterocycles. The summed E-state index contributed by atoms with van der Waals surface area (Å²) in [4.78, 5) is 0. The van der Waals surface area contributed by atoms with Gasteiger partial charge in [0.1, 0.15) is 5.75 Å². The Bertz CT molecular complexity index is 497. The van der Waals surface area contributed by atoms with Gasteiger partial charge in [-0.2, -0.15) is 0 Å². The summed E-state index contributed by atoms with van der Waals surface area (Å²) in [7, 11) is 1.61. The molecule has 0 saturated carbocycles. The van der Waals surface area contributed by atoms with Gasteiger partial charge in [-0.25, -0.2) is 0 Å². The molecule has 18 heavy (non-hydrogen) atoms. The van der Waals surface area contributed by atoms with Crippen LogP contribution in [0.15, 0.2) is 48.5 Å². The molecule has 2 rings (SSSR count). The van der Waals surface area contributed by atoms with Crippen molar-refractivity contribution < 1.29 is 9.47 Å². The fourth-order valence-corrected chi connectivity index (χ4v) is 1.71. The molecule has 0 fully saturated rings. The molecule has 0 unspecified atom stereocenters. The molecule has 0 atom stereocenters. The average Bonchev–Trinajstić information content (AvgIpc) is 2.42. The number of nitrogen functional groups attached to an aromatic ring is 1. The monoisotopic (exact) mass is 243 g/mol. The highest BCUT2D eigenvalue weighted by Crippen LogP contribution is 2.22. The first-order valence-electron chi connectivity index (χ1n) is 5.83. The zero-order valence-electron chi connectivity index (χ0n) is 10.4. The van der Waals surface area contributed by atoms with Crippen LogP contribution in [0.5, 0.6) is 5.75 Å². The Balaban J connectivity index is 1.91. The maximum Gasteiger partial charge on any atom is 0.142 e. The fraction of sp³-hybridized carbons (Fsp3) is 0.200. The number of ether oxygens (including phenoxy) is 2. The summed E-state index contributed by atoms with van der Waals surface area (Å²) in [5, 5.41) is 0. The third-order valence-electron chi connectivity index (χ3n) is 2.68. The molecule has 0 saturated heterocycles. The number of nitrogens with two attached hydrogens (primary N) is 1. The van der Waals surface area contributed by atoms with Crippen molar-refractivity contribution in [2.45, 2.75) is 13.2 Å². The van der Waals surface area contributed by atoms with E-state index >= 15 is 0 Å². The van der Waals surface area contributed by atoms with E-state index in [-0.39, 0.29) is 0 Å². The van der Waals surface area contributed by atoms with E-state index in [1.165, 1.54) is 5.56 Å². The van der Waals surface area contributed by atoms with Crippen LogP contribution in [0.25, 0.3) is 0 Å². The van der Waals surface area contributed by atoms with Gasteiger partial charge >= 0.3 is 0 Å².